The normalized spacial score (nSPS) is 22.3. The van der Waals surface area contributed by atoms with Gasteiger partial charge in [-0.05, 0) is 32.4 Å². The van der Waals surface area contributed by atoms with E-state index in [1.807, 2.05) is 6.92 Å². The second kappa shape index (κ2) is 5.96. The fraction of sp³-hybridized carbons (Fsp3) is 0.462. The number of nitro groups is 1. The number of carbonyl (C=O) groups excluding carboxylic acids is 1. The first-order valence-electron chi connectivity index (χ1n) is 6.45. The van der Waals surface area contributed by atoms with Gasteiger partial charge in [-0.15, -0.1) is 0 Å². The summed E-state index contributed by atoms with van der Waals surface area (Å²) >= 11 is 0. The second-order valence-corrected chi connectivity index (χ2v) is 4.98. The van der Waals surface area contributed by atoms with Gasteiger partial charge in [0.25, 0.3) is 5.69 Å². The number of nitrogens with zero attached hydrogens (tertiary/aromatic N) is 1. The molecule has 108 valence electrons. The van der Waals surface area contributed by atoms with E-state index in [2.05, 4.69) is 10.6 Å². The van der Waals surface area contributed by atoms with Crippen molar-refractivity contribution in [1.29, 1.82) is 0 Å². The van der Waals surface area contributed by atoms with E-state index in [4.69, 9.17) is 0 Å². The molecule has 2 unspecified atom stereocenters. The van der Waals surface area contributed by atoms with Crippen LogP contribution < -0.4 is 10.6 Å². The van der Waals surface area contributed by atoms with Gasteiger partial charge in [0.1, 0.15) is 11.5 Å². The summed E-state index contributed by atoms with van der Waals surface area (Å²) in [5.41, 5.74) is -0.395. The molecule has 2 N–H and O–H groups in total. The number of halogens is 1. The van der Waals surface area contributed by atoms with Crippen molar-refractivity contribution in [2.45, 2.75) is 25.8 Å². The van der Waals surface area contributed by atoms with Crippen molar-refractivity contribution < 1.29 is 14.1 Å². The van der Waals surface area contributed by atoms with Gasteiger partial charge in [0.05, 0.1) is 4.92 Å². The Kier molecular flexibility index (Phi) is 4.29. The molecular weight excluding hydrogens is 265 g/mol. The van der Waals surface area contributed by atoms with Crippen LogP contribution in [0.25, 0.3) is 0 Å². The first-order chi connectivity index (χ1) is 9.47. The Labute approximate surface area is 115 Å². The molecule has 0 radical (unpaired) electrons. The van der Waals surface area contributed by atoms with E-state index in [1.165, 1.54) is 0 Å². The molecule has 1 aromatic rings. The average Bonchev–Trinajstić information content (AvgIpc) is 2.38. The first-order valence-corrected chi connectivity index (χ1v) is 6.45. The third-order valence-corrected chi connectivity index (χ3v) is 3.41. The van der Waals surface area contributed by atoms with Gasteiger partial charge in [-0.1, -0.05) is 0 Å². The zero-order chi connectivity index (χ0) is 14.7. The molecule has 7 heteroatoms. The van der Waals surface area contributed by atoms with Crippen LogP contribution in [0.1, 0.15) is 19.8 Å². The Balaban J connectivity index is 2.14. The predicted molar refractivity (Wildman–Crippen MR) is 71.9 cm³/mol. The van der Waals surface area contributed by atoms with Crippen LogP contribution in [0.2, 0.25) is 0 Å². The van der Waals surface area contributed by atoms with E-state index in [9.17, 15) is 19.3 Å². The average molecular weight is 281 g/mol. The van der Waals surface area contributed by atoms with Crippen LogP contribution in [0.4, 0.5) is 15.8 Å². The molecule has 2 atom stereocenters. The number of piperidine rings is 1. The number of carbonyl (C=O) groups is 1. The summed E-state index contributed by atoms with van der Waals surface area (Å²) in [6.07, 6.45) is 1.33. The number of nitrogens with one attached hydrogen (secondary N) is 2. The zero-order valence-corrected chi connectivity index (χ0v) is 11.1. The number of anilines is 1. The van der Waals surface area contributed by atoms with Gasteiger partial charge in [-0.25, -0.2) is 4.39 Å². The van der Waals surface area contributed by atoms with Gasteiger partial charge in [-0.3, -0.25) is 14.9 Å². The van der Waals surface area contributed by atoms with Crippen LogP contribution in [0.5, 0.6) is 0 Å². The van der Waals surface area contributed by atoms with Crippen molar-refractivity contribution in [3.8, 4) is 0 Å². The van der Waals surface area contributed by atoms with E-state index in [-0.39, 0.29) is 29.2 Å². The highest BCUT2D eigenvalue weighted by Crippen LogP contribution is 2.26. The lowest BCUT2D eigenvalue weighted by atomic mass is 9.92. The molecule has 0 bridgehead atoms. The van der Waals surface area contributed by atoms with Gasteiger partial charge in [0.15, 0.2) is 0 Å². The summed E-state index contributed by atoms with van der Waals surface area (Å²) in [5.74, 6) is -1.13. The summed E-state index contributed by atoms with van der Waals surface area (Å²) < 4.78 is 13.2. The number of nitro benzene ring substituents is 1. The number of benzene rings is 1. The van der Waals surface area contributed by atoms with Crippen LogP contribution in [0.3, 0.4) is 0 Å². The Morgan fingerprint density at radius 2 is 2.30 bits per heavy atom. The minimum Gasteiger partial charge on any atom is -0.320 e. The maximum Gasteiger partial charge on any atom is 0.292 e. The van der Waals surface area contributed by atoms with E-state index >= 15 is 0 Å². The van der Waals surface area contributed by atoms with Crippen LogP contribution in [0, 0.1) is 21.8 Å². The highest BCUT2D eigenvalue weighted by Gasteiger charge is 2.26. The molecule has 20 heavy (non-hydrogen) atoms. The quantitative estimate of drug-likeness (QED) is 0.656. The highest BCUT2D eigenvalue weighted by molar-refractivity contribution is 5.94. The minimum absolute atomic E-state index is 0.0915. The SMILES string of the molecule is CC1CC(C(=O)Nc2cc(F)ccc2[N+](=O)[O-])CCN1. The monoisotopic (exact) mass is 281 g/mol. The molecule has 1 amide bonds. The molecule has 1 saturated heterocycles. The molecule has 1 aromatic carbocycles. The minimum atomic E-state index is -0.639. The summed E-state index contributed by atoms with van der Waals surface area (Å²) in [7, 11) is 0. The Hall–Kier alpha value is -2.02. The molecule has 0 aromatic heterocycles. The number of hydrogen-bond acceptors (Lipinski definition) is 4. The Bertz CT molecular complexity index is 536. The summed E-state index contributed by atoms with van der Waals surface area (Å²) in [5, 5.41) is 16.6. The lowest BCUT2D eigenvalue weighted by Crippen LogP contribution is -2.40. The van der Waals surface area contributed by atoms with Gasteiger partial charge in [-0.2, -0.15) is 0 Å². The summed E-state index contributed by atoms with van der Waals surface area (Å²) in [6.45, 7) is 2.70. The van der Waals surface area contributed by atoms with Crippen molar-refractivity contribution >= 4 is 17.3 Å². The van der Waals surface area contributed by atoms with E-state index in [0.29, 0.717) is 12.8 Å². The van der Waals surface area contributed by atoms with Gasteiger partial charge in [0, 0.05) is 24.1 Å². The Morgan fingerprint density at radius 1 is 1.55 bits per heavy atom. The van der Waals surface area contributed by atoms with E-state index < -0.39 is 10.7 Å². The molecule has 6 nitrogen and oxygen atoms in total. The van der Waals surface area contributed by atoms with Crippen LogP contribution in [-0.4, -0.2) is 23.4 Å². The maximum atomic E-state index is 13.2. The fourth-order valence-electron chi connectivity index (χ4n) is 2.37. The highest BCUT2D eigenvalue weighted by atomic mass is 19.1. The van der Waals surface area contributed by atoms with Crippen LogP contribution in [-0.2, 0) is 4.79 Å². The van der Waals surface area contributed by atoms with Crippen molar-refractivity contribution in [2.75, 3.05) is 11.9 Å². The van der Waals surface area contributed by atoms with Crippen molar-refractivity contribution in [1.82, 2.24) is 5.32 Å². The number of hydrogen-bond donors (Lipinski definition) is 2. The van der Waals surface area contributed by atoms with E-state index in [1.54, 1.807) is 0 Å². The zero-order valence-electron chi connectivity index (χ0n) is 11.1. The smallest absolute Gasteiger partial charge is 0.292 e. The van der Waals surface area contributed by atoms with Crippen molar-refractivity contribution in [2.24, 2.45) is 5.92 Å². The molecule has 2 rings (SSSR count). The van der Waals surface area contributed by atoms with E-state index in [0.717, 1.165) is 24.7 Å². The molecule has 1 aliphatic heterocycles. The topological polar surface area (TPSA) is 84.3 Å². The third-order valence-electron chi connectivity index (χ3n) is 3.41. The van der Waals surface area contributed by atoms with Crippen molar-refractivity contribution in [3.05, 3.63) is 34.1 Å². The van der Waals surface area contributed by atoms with Crippen LogP contribution in [0.15, 0.2) is 18.2 Å². The molecule has 0 spiro atoms. The lowest BCUT2D eigenvalue weighted by molar-refractivity contribution is -0.384. The summed E-state index contributed by atoms with van der Waals surface area (Å²) in [4.78, 5) is 22.3. The first kappa shape index (κ1) is 14.4. The van der Waals surface area contributed by atoms with Gasteiger partial charge >= 0.3 is 0 Å². The van der Waals surface area contributed by atoms with Crippen LogP contribution >= 0.6 is 0 Å². The Morgan fingerprint density at radius 3 is 2.95 bits per heavy atom. The van der Waals surface area contributed by atoms with Crippen molar-refractivity contribution in [3.63, 3.8) is 0 Å². The molecule has 1 fully saturated rings. The molecule has 1 heterocycles. The predicted octanol–water partition coefficient (Wildman–Crippen LogP) is 2.06. The lowest BCUT2D eigenvalue weighted by Gasteiger charge is -2.27. The molecule has 1 aliphatic rings. The molecular formula is C13H16FN3O3. The summed E-state index contributed by atoms with van der Waals surface area (Å²) in [6, 6.07) is 3.25. The third kappa shape index (κ3) is 3.30. The van der Waals surface area contributed by atoms with Gasteiger partial charge in [0.2, 0.25) is 5.91 Å². The standard InChI is InChI=1S/C13H16FN3O3/c1-8-6-9(4-5-15-8)13(18)16-11-7-10(14)2-3-12(11)17(19)20/h2-3,7-9,15H,4-6H2,1H3,(H,16,18). The fourth-order valence-corrected chi connectivity index (χ4v) is 2.37. The second-order valence-electron chi connectivity index (χ2n) is 4.98. The number of amides is 1. The van der Waals surface area contributed by atoms with Gasteiger partial charge < -0.3 is 10.6 Å². The molecule has 0 aliphatic carbocycles. The molecule has 0 saturated carbocycles. The maximum absolute atomic E-state index is 13.2. The number of rotatable bonds is 3. The largest absolute Gasteiger partial charge is 0.320 e.